The molecule has 0 unspecified atom stereocenters. The summed E-state index contributed by atoms with van der Waals surface area (Å²) in [5.74, 6) is 0.636. The summed E-state index contributed by atoms with van der Waals surface area (Å²) in [5, 5.41) is 3.43. The zero-order valence-electron chi connectivity index (χ0n) is 8.63. The molecule has 5 nitrogen and oxygen atoms in total. The van der Waals surface area contributed by atoms with Crippen molar-refractivity contribution in [3.8, 4) is 0 Å². The number of nitrogen functional groups attached to an aromatic ring is 1. The Morgan fingerprint density at radius 3 is 2.60 bits per heavy atom. The second-order valence-corrected chi connectivity index (χ2v) is 4.24. The molecule has 0 bridgehead atoms. The van der Waals surface area contributed by atoms with Crippen LogP contribution in [-0.2, 0) is 0 Å². The zero-order chi connectivity index (χ0) is 10.9. The van der Waals surface area contributed by atoms with E-state index in [9.17, 15) is 0 Å². The van der Waals surface area contributed by atoms with Gasteiger partial charge >= 0.3 is 0 Å². The summed E-state index contributed by atoms with van der Waals surface area (Å²) in [4.78, 5) is 11.7. The van der Waals surface area contributed by atoms with E-state index < -0.39 is 0 Å². The molecule has 3 N–H and O–H groups in total. The van der Waals surface area contributed by atoms with Crippen LogP contribution < -0.4 is 11.1 Å². The van der Waals surface area contributed by atoms with Gasteiger partial charge in [-0.2, -0.15) is 15.0 Å². The van der Waals surface area contributed by atoms with Crippen LogP contribution in [-0.4, -0.2) is 20.5 Å². The summed E-state index contributed by atoms with van der Waals surface area (Å²) in [5.41, 5.74) is 5.63. The van der Waals surface area contributed by atoms with Gasteiger partial charge in [0, 0.05) is 5.54 Å². The van der Waals surface area contributed by atoms with Gasteiger partial charge in [0.25, 0.3) is 0 Å². The summed E-state index contributed by atoms with van der Waals surface area (Å²) < 4.78 is 0. The summed E-state index contributed by atoms with van der Waals surface area (Å²) in [6, 6.07) is 0. The molecule has 1 saturated carbocycles. The van der Waals surface area contributed by atoms with E-state index in [2.05, 4.69) is 27.2 Å². The molecule has 0 atom stereocenters. The molecular weight excluding hydrogens is 214 g/mol. The van der Waals surface area contributed by atoms with Gasteiger partial charge in [-0.3, -0.25) is 0 Å². The fourth-order valence-electron chi connectivity index (χ4n) is 1.83. The molecule has 82 valence electrons. The smallest absolute Gasteiger partial charge is 0.229 e. The lowest BCUT2D eigenvalue weighted by Gasteiger charge is -2.41. The first kappa shape index (κ1) is 10.4. The van der Waals surface area contributed by atoms with Gasteiger partial charge in [0.05, 0.1) is 0 Å². The largest absolute Gasteiger partial charge is 0.368 e. The third-order valence-electron chi connectivity index (χ3n) is 2.99. The Balaban J connectivity index is 2.16. The molecule has 2 rings (SSSR count). The number of nitrogens with one attached hydrogen (secondary N) is 1. The maximum atomic E-state index is 5.70. The van der Waals surface area contributed by atoms with Gasteiger partial charge in [-0.05, 0) is 37.3 Å². The summed E-state index contributed by atoms with van der Waals surface area (Å²) >= 11 is 5.70. The third-order valence-corrected chi connectivity index (χ3v) is 3.16. The molecule has 1 aliphatic rings. The van der Waals surface area contributed by atoms with E-state index in [4.69, 9.17) is 17.3 Å². The lowest BCUT2D eigenvalue weighted by Crippen LogP contribution is -2.44. The number of rotatable bonds is 3. The Morgan fingerprint density at radius 2 is 2.13 bits per heavy atom. The number of anilines is 2. The monoisotopic (exact) mass is 227 g/mol. The van der Waals surface area contributed by atoms with Crippen LogP contribution in [0.5, 0.6) is 0 Å². The van der Waals surface area contributed by atoms with Gasteiger partial charge in [0.2, 0.25) is 17.2 Å². The van der Waals surface area contributed by atoms with Gasteiger partial charge in [0.1, 0.15) is 0 Å². The van der Waals surface area contributed by atoms with Gasteiger partial charge in [-0.15, -0.1) is 0 Å². The minimum absolute atomic E-state index is 0.135. The summed E-state index contributed by atoms with van der Waals surface area (Å²) in [7, 11) is 0. The number of nitrogens with zero attached hydrogens (tertiary/aromatic N) is 3. The molecule has 1 aromatic heterocycles. The van der Waals surface area contributed by atoms with Crippen molar-refractivity contribution in [3.63, 3.8) is 0 Å². The highest BCUT2D eigenvalue weighted by Gasteiger charge is 2.35. The van der Waals surface area contributed by atoms with Crippen molar-refractivity contribution in [2.24, 2.45) is 0 Å². The first-order valence-corrected chi connectivity index (χ1v) is 5.47. The maximum Gasteiger partial charge on any atom is 0.229 e. The topological polar surface area (TPSA) is 76.7 Å². The fourth-order valence-corrected chi connectivity index (χ4v) is 2.00. The number of aromatic nitrogens is 3. The van der Waals surface area contributed by atoms with Crippen molar-refractivity contribution in [1.29, 1.82) is 0 Å². The third kappa shape index (κ3) is 2.12. The Bertz CT molecular complexity index is 338. The molecule has 1 heterocycles. The molecule has 0 aromatic carbocycles. The van der Waals surface area contributed by atoms with E-state index in [0.29, 0.717) is 5.95 Å². The van der Waals surface area contributed by atoms with Gasteiger partial charge < -0.3 is 11.1 Å². The molecule has 1 aromatic rings. The van der Waals surface area contributed by atoms with Crippen LogP contribution in [0, 0.1) is 0 Å². The molecule has 0 amide bonds. The van der Waals surface area contributed by atoms with Crippen LogP contribution in [0.15, 0.2) is 0 Å². The highest BCUT2D eigenvalue weighted by Crippen LogP contribution is 2.37. The normalized spacial score (nSPS) is 18.3. The molecule has 0 aliphatic heterocycles. The van der Waals surface area contributed by atoms with E-state index in [1.165, 1.54) is 6.42 Å². The van der Waals surface area contributed by atoms with Crippen LogP contribution in [0.1, 0.15) is 32.6 Å². The van der Waals surface area contributed by atoms with E-state index in [1.807, 2.05) is 0 Å². The standard InChI is InChI=1S/C9H14ClN5/c1-2-9(4-3-5-9)15-8-13-6(10)12-7(11)14-8/h2-5H2,1H3,(H3,11,12,13,14,15). The van der Waals surface area contributed by atoms with Crippen molar-refractivity contribution >= 4 is 23.5 Å². The first-order valence-electron chi connectivity index (χ1n) is 5.09. The van der Waals surface area contributed by atoms with Crippen molar-refractivity contribution in [3.05, 3.63) is 5.28 Å². The van der Waals surface area contributed by atoms with Crippen LogP contribution in [0.2, 0.25) is 5.28 Å². The van der Waals surface area contributed by atoms with Gasteiger partial charge in [-0.1, -0.05) is 6.92 Å². The van der Waals surface area contributed by atoms with E-state index in [-0.39, 0.29) is 16.8 Å². The highest BCUT2D eigenvalue weighted by molar-refractivity contribution is 6.28. The lowest BCUT2D eigenvalue weighted by molar-refractivity contribution is 0.268. The average Bonchev–Trinajstić information content (AvgIpc) is 2.10. The Labute approximate surface area is 93.5 Å². The molecule has 0 radical (unpaired) electrons. The molecular formula is C9H14ClN5. The number of hydrogen-bond donors (Lipinski definition) is 2. The van der Waals surface area contributed by atoms with Crippen LogP contribution in [0.4, 0.5) is 11.9 Å². The van der Waals surface area contributed by atoms with E-state index >= 15 is 0 Å². The number of nitrogens with two attached hydrogens (primary N) is 1. The predicted octanol–water partition coefficient (Wildman–Crippen LogP) is 1.85. The first-order chi connectivity index (χ1) is 7.13. The quantitative estimate of drug-likeness (QED) is 0.824. The van der Waals surface area contributed by atoms with Crippen molar-refractivity contribution < 1.29 is 0 Å². The zero-order valence-corrected chi connectivity index (χ0v) is 9.38. The summed E-state index contributed by atoms with van der Waals surface area (Å²) in [6.07, 6.45) is 4.59. The van der Waals surface area contributed by atoms with Crippen LogP contribution in [0.3, 0.4) is 0 Å². The number of halogens is 1. The maximum absolute atomic E-state index is 5.70. The van der Waals surface area contributed by atoms with E-state index in [0.717, 1.165) is 19.3 Å². The molecule has 1 fully saturated rings. The average molecular weight is 228 g/mol. The van der Waals surface area contributed by atoms with Crippen molar-refractivity contribution in [1.82, 2.24) is 15.0 Å². The van der Waals surface area contributed by atoms with Gasteiger partial charge in [-0.25, -0.2) is 0 Å². The Kier molecular flexibility index (Phi) is 2.65. The molecule has 0 spiro atoms. The number of hydrogen-bond acceptors (Lipinski definition) is 5. The Morgan fingerprint density at radius 1 is 1.40 bits per heavy atom. The van der Waals surface area contributed by atoms with Crippen molar-refractivity contribution in [2.45, 2.75) is 38.1 Å². The molecule has 6 heteroatoms. The van der Waals surface area contributed by atoms with Crippen molar-refractivity contribution in [2.75, 3.05) is 11.1 Å². The van der Waals surface area contributed by atoms with Crippen LogP contribution in [0.25, 0.3) is 0 Å². The lowest BCUT2D eigenvalue weighted by atomic mass is 9.75. The summed E-state index contributed by atoms with van der Waals surface area (Å²) in [6.45, 7) is 2.15. The second-order valence-electron chi connectivity index (χ2n) is 3.90. The Hall–Kier alpha value is -1.10. The second kappa shape index (κ2) is 3.81. The predicted molar refractivity (Wildman–Crippen MR) is 59.7 cm³/mol. The minimum atomic E-state index is 0.135. The molecule has 15 heavy (non-hydrogen) atoms. The molecule has 0 saturated heterocycles. The van der Waals surface area contributed by atoms with Gasteiger partial charge in [0.15, 0.2) is 0 Å². The highest BCUT2D eigenvalue weighted by atomic mass is 35.5. The van der Waals surface area contributed by atoms with E-state index in [1.54, 1.807) is 0 Å². The minimum Gasteiger partial charge on any atom is -0.368 e. The van der Waals surface area contributed by atoms with Crippen LogP contribution >= 0.6 is 11.6 Å². The molecule has 1 aliphatic carbocycles. The SMILES string of the molecule is CCC1(Nc2nc(N)nc(Cl)n2)CCC1. The fraction of sp³-hybridized carbons (Fsp3) is 0.667.